The molecule has 1 atom stereocenters. The van der Waals surface area contributed by atoms with Crippen molar-refractivity contribution in [3.05, 3.63) is 35.4 Å². The van der Waals surface area contributed by atoms with Crippen LogP contribution in [0.4, 0.5) is 0 Å². The lowest BCUT2D eigenvalue weighted by Crippen LogP contribution is -2.34. The van der Waals surface area contributed by atoms with Gasteiger partial charge >= 0.3 is 0 Å². The van der Waals surface area contributed by atoms with Gasteiger partial charge in [-0.25, -0.2) is 0 Å². The highest BCUT2D eigenvalue weighted by atomic mass is 15.2. The zero-order valence-electron chi connectivity index (χ0n) is 8.79. The normalized spacial score (nSPS) is 30.4. The van der Waals surface area contributed by atoms with Crippen molar-refractivity contribution in [2.45, 2.75) is 38.3 Å². The van der Waals surface area contributed by atoms with Gasteiger partial charge in [0.05, 0.1) is 0 Å². The zero-order chi connectivity index (χ0) is 9.60. The van der Waals surface area contributed by atoms with E-state index in [1.165, 1.54) is 32.4 Å². The van der Waals surface area contributed by atoms with Gasteiger partial charge in [0, 0.05) is 12.1 Å². The molecule has 0 spiro atoms. The minimum atomic E-state index is 0.413. The lowest BCUT2D eigenvalue weighted by atomic mass is 9.86. The van der Waals surface area contributed by atoms with Gasteiger partial charge in [0.25, 0.3) is 0 Å². The molecule has 0 unspecified atom stereocenters. The summed E-state index contributed by atoms with van der Waals surface area (Å²) in [6.07, 6.45) is 4.01. The smallest absolute Gasteiger partial charge is 0.0465 e. The average Bonchev–Trinajstić information content (AvgIpc) is 2.73. The van der Waals surface area contributed by atoms with Crippen molar-refractivity contribution in [3.63, 3.8) is 0 Å². The Balaban J connectivity index is 2.15. The van der Waals surface area contributed by atoms with Gasteiger partial charge < -0.3 is 0 Å². The fourth-order valence-electron chi connectivity index (χ4n) is 3.38. The molecule has 2 aliphatic heterocycles. The Labute approximate surface area is 85.7 Å². The zero-order valence-corrected chi connectivity index (χ0v) is 8.79. The van der Waals surface area contributed by atoms with E-state index in [-0.39, 0.29) is 0 Å². The number of rotatable bonds is 1. The molecule has 1 saturated heterocycles. The van der Waals surface area contributed by atoms with Crippen LogP contribution in [0.1, 0.15) is 37.3 Å². The van der Waals surface area contributed by atoms with Crippen molar-refractivity contribution in [3.8, 4) is 0 Å². The van der Waals surface area contributed by atoms with Crippen LogP contribution in [-0.4, -0.2) is 11.4 Å². The van der Waals surface area contributed by atoms with E-state index in [1.54, 1.807) is 11.1 Å². The number of hydrogen-bond acceptors (Lipinski definition) is 1. The summed E-state index contributed by atoms with van der Waals surface area (Å²) in [5.74, 6) is 0. The molecule has 2 aliphatic rings. The molecule has 74 valence electrons. The molecule has 0 N–H and O–H groups in total. The van der Waals surface area contributed by atoms with Crippen molar-refractivity contribution in [1.29, 1.82) is 0 Å². The Morgan fingerprint density at radius 2 is 2.21 bits per heavy atom. The summed E-state index contributed by atoms with van der Waals surface area (Å²) in [4.78, 5) is 2.68. The minimum absolute atomic E-state index is 0.413. The van der Waals surface area contributed by atoms with Crippen molar-refractivity contribution < 1.29 is 0 Å². The molecule has 0 bridgehead atoms. The van der Waals surface area contributed by atoms with Crippen molar-refractivity contribution >= 4 is 0 Å². The second-order valence-corrected chi connectivity index (χ2v) is 4.57. The maximum atomic E-state index is 2.68. The average molecular weight is 187 g/mol. The minimum Gasteiger partial charge on any atom is -0.289 e. The SMILES string of the molecule is CC[C@@]12CCCN1Cc1ccccc12. The Morgan fingerprint density at radius 1 is 1.36 bits per heavy atom. The molecule has 2 heterocycles. The van der Waals surface area contributed by atoms with Crippen molar-refractivity contribution in [2.24, 2.45) is 0 Å². The Kier molecular flexibility index (Phi) is 1.72. The largest absolute Gasteiger partial charge is 0.289 e. The first-order valence-electron chi connectivity index (χ1n) is 5.70. The van der Waals surface area contributed by atoms with Gasteiger partial charge in [0.2, 0.25) is 0 Å². The molecule has 0 aromatic heterocycles. The lowest BCUT2D eigenvalue weighted by molar-refractivity contribution is 0.151. The molecule has 0 amide bonds. The van der Waals surface area contributed by atoms with Crippen molar-refractivity contribution in [2.75, 3.05) is 6.54 Å². The second kappa shape index (κ2) is 2.83. The first-order valence-corrected chi connectivity index (χ1v) is 5.70. The van der Waals surface area contributed by atoms with Gasteiger partial charge in [-0.15, -0.1) is 0 Å². The molecular formula is C13H17N. The Bertz CT molecular complexity index is 358. The Hall–Kier alpha value is -0.820. The Morgan fingerprint density at radius 3 is 3.07 bits per heavy atom. The predicted octanol–water partition coefficient (Wildman–Crippen LogP) is 2.90. The lowest BCUT2D eigenvalue weighted by Gasteiger charge is -2.31. The predicted molar refractivity (Wildman–Crippen MR) is 58.1 cm³/mol. The summed E-state index contributed by atoms with van der Waals surface area (Å²) in [6, 6.07) is 9.00. The molecule has 1 aromatic rings. The van der Waals surface area contributed by atoms with Crippen LogP contribution in [0.2, 0.25) is 0 Å². The van der Waals surface area contributed by atoms with E-state index in [2.05, 4.69) is 36.1 Å². The first-order chi connectivity index (χ1) is 6.87. The molecule has 3 rings (SSSR count). The third-order valence-corrected chi connectivity index (χ3v) is 4.09. The molecule has 1 aromatic carbocycles. The number of nitrogens with zero attached hydrogens (tertiary/aromatic N) is 1. The molecular weight excluding hydrogens is 170 g/mol. The first kappa shape index (κ1) is 8.49. The van der Waals surface area contributed by atoms with E-state index in [1.807, 2.05) is 0 Å². The number of hydrogen-bond donors (Lipinski definition) is 0. The van der Waals surface area contributed by atoms with Crippen LogP contribution in [-0.2, 0) is 12.1 Å². The third-order valence-electron chi connectivity index (χ3n) is 4.09. The highest BCUT2D eigenvalue weighted by Gasteiger charge is 2.46. The van der Waals surface area contributed by atoms with Gasteiger partial charge in [-0.1, -0.05) is 31.2 Å². The number of benzene rings is 1. The summed E-state index contributed by atoms with van der Waals surface area (Å²) >= 11 is 0. The maximum Gasteiger partial charge on any atom is 0.0465 e. The highest BCUT2D eigenvalue weighted by molar-refractivity contribution is 5.39. The van der Waals surface area contributed by atoms with E-state index < -0.39 is 0 Å². The van der Waals surface area contributed by atoms with Crippen LogP contribution < -0.4 is 0 Å². The molecule has 1 heteroatoms. The summed E-state index contributed by atoms with van der Waals surface area (Å²) in [5.41, 5.74) is 3.59. The molecule has 1 fully saturated rings. The van der Waals surface area contributed by atoms with Crippen LogP contribution >= 0.6 is 0 Å². The maximum absolute atomic E-state index is 2.68. The van der Waals surface area contributed by atoms with Gasteiger partial charge in [-0.3, -0.25) is 4.90 Å². The topological polar surface area (TPSA) is 3.24 Å². The van der Waals surface area contributed by atoms with Gasteiger partial charge in [-0.2, -0.15) is 0 Å². The fraction of sp³-hybridized carbons (Fsp3) is 0.538. The third kappa shape index (κ3) is 0.885. The van der Waals surface area contributed by atoms with Crippen LogP contribution in [0.15, 0.2) is 24.3 Å². The molecule has 0 radical (unpaired) electrons. The van der Waals surface area contributed by atoms with Crippen LogP contribution in [0.25, 0.3) is 0 Å². The van der Waals surface area contributed by atoms with Crippen LogP contribution in [0, 0.1) is 0 Å². The highest BCUT2D eigenvalue weighted by Crippen LogP contribution is 2.48. The summed E-state index contributed by atoms with van der Waals surface area (Å²) in [7, 11) is 0. The molecule has 0 saturated carbocycles. The van der Waals surface area contributed by atoms with Crippen molar-refractivity contribution in [1.82, 2.24) is 4.90 Å². The van der Waals surface area contributed by atoms with E-state index >= 15 is 0 Å². The van der Waals surface area contributed by atoms with Gasteiger partial charge in [-0.05, 0) is 36.9 Å². The van der Waals surface area contributed by atoms with Crippen LogP contribution in [0.3, 0.4) is 0 Å². The molecule has 1 nitrogen and oxygen atoms in total. The van der Waals surface area contributed by atoms with E-state index in [9.17, 15) is 0 Å². The monoisotopic (exact) mass is 187 g/mol. The second-order valence-electron chi connectivity index (χ2n) is 4.57. The fourth-order valence-corrected chi connectivity index (χ4v) is 3.38. The summed E-state index contributed by atoms with van der Waals surface area (Å²) in [5, 5.41) is 0. The summed E-state index contributed by atoms with van der Waals surface area (Å²) < 4.78 is 0. The number of fused-ring (bicyclic) bond motifs is 3. The van der Waals surface area contributed by atoms with Gasteiger partial charge in [0.1, 0.15) is 0 Å². The standard InChI is InChI=1S/C13H17N/c1-2-13-8-5-9-14(13)10-11-6-3-4-7-12(11)13/h3-4,6-7H,2,5,8-10H2,1H3/t13-/m0/s1. The van der Waals surface area contributed by atoms with E-state index in [0.717, 1.165) is 0 Å². The quantitative estimate of drug-likeness (QED) is 0.653. The van der Waals surface area contributed by atoms with E-state index in [4.69, 9.17) is 0 Å². The molecule has 0 aliphatic carbocycles. The van der Waals surface area contributed by atoms with E-state index in [0.29, 0.717) is 5.54 Å². The van der Waals surface area contributed by atoms with Gasteiger partial charge in [0.15, 0.2) is 0 Å². The molecule has 14 heavy (non-hydrogen) atoms. The van der Waals surface area contributed by atoms with Crippen LogP contribution in [0.5, 0.6) is 0 Å². The summed E-state index contributed by atoms with van der Waals surface area (Å²) in [6.45, 7) is 4.81.